The first-order valence-electron chi connectivity index (χ1n) is 5.81. The van der Waals surface area contributed by atoms with Crippen molar-refractivity contribution in [2.24, 2.45) is 0 Å². The van der Waals surface area contributed by atoms with Crippen LogP contribution in [0.1, 0.15) is 0 Å². The molecule has 0 saturated heterocycles. The molecule has 0 aliphatic heterocycles. The standard InChI is InChI=1S/C12H9BrClN5O/c13-5-6-20-9-3-1-8(2-4-9)19-11-10(17-18-19)7-15-12(14)16-11/h1-4,7H,5-6H2. The van der Waals surface area contributed by atoms with E-state index in [2.05, 4.69) is 36.2 Å². The fraction of sp³-hybridized carbons (Fsp3) is 0.167. The first-order chi connectivity index (χ1) is 9.78. The van der Waals surface area contributed by atoms with Gasteiger partial charge >= 0.3 is 0 Å². The molecule has 0 amide bonds. The molecule has 1 aromatic carbocycles. The molecule has 3 aromatic rings. The Morgan fingerprint density at radius 1 is 1.25 bits per heavy atom. The molecule has 0 atom stereocenters. The van der Waals surface area contributed by atoms with Gasteiger partial charge in [0, 0.05) is 5.33 Å². The van der Waals surface area contributed by atoms with E-state index in [4.69, 9.17) is 16.3 Å². The highest BCUT2D eigenvalue weighted by molar-refractivity contribution is 9.09. The predicted octanol–water partition coefficient (Wildman–Crippen LogP) is 2.64. The summed E-state index contributed by atoms with van der Waals surface area (Å²) in [5, 5.41) is 9.01. The summed E-state index contributed by atoms with van der Waals surface area (Å²) in [6.07, 6.45) is 1.54. The number of hydrogen-bond donors (Lipinski definition) is 0. The van der Waals surface area contributed by atoms with Gasteiger partial charge in [0.25, 0.3) is 0 Å². The first kappa shape index (κ1) is 13.3. The number of ether oxygens (including phenoxy) is 1. The Labute approximate surface area is 127 Å². The fourth-order valence-electron chi connectivity index (χ4n) is 1.72. The van der Waals surface area contributed by atoms with Crippen LogP contribution in [-0.4, -0.2) is 36.9 Å². The maximum atomic E-state index is 5.80. The molecule has 0 unspecified atom stereocenters. The predicted molar refractivity (Wildman–Crippen MR) is 78.8 cm³/mol. The van der Waals surface area contributed by atoms with Gasteiger partial charge in [-0.15, -0.1) is 5.10 Å². The quantitative estimate of drug-likeness (QED) is 0.532. The van der Waals surface area contributed by atoms with E-state index < -0.39 is 0 Å². The number of hydrogen-bond acceptors (Lipinski definition) is 5. The molecule has 8 heteroatoms. The number of rotatable bonds is 4. The zero-order chi connectivity index (χ0) is 13.9. The van der Waals surface area contributed by atoms with E-state index in [1.165, 1.54) is 0 Å². The molecule has 0 bridgehead atoms. The Balaban J connectivity index is 1.96. The number of halogens is 2. The van der Waals surface area contributed by atoms with Crippen LogP contribution in [0.4, 0.5) is 0 Å². The van der Waals surface area contributed by atoms with Crippen molar-refractivity contribution < 1.29 is 4.74 Å². The third kappa shape index (κ3) is 2.59. The van der Waals surface area contributed by atoms with Crippen LogP contribution in [0.3, 0.4) is 0 Å². The lowest BCUT2D eigenvalue weighted by Gasteiger charge is -2.05. The van der Waals surface area contributed by atoms with E-state index >= 15 is 0 Å². The normalized spacial score (nSPS) is 10.9. The van der Waals surface area contributed by atoms with Gasteiger partial charge in [0.1, 0.15) is 5.75 Å². The molecule has 0 aliphatic rings. The van der Waals surface area contributed by atoms with E-state index in [1.807, 2.05) is 24.3 Å². The van der Waals surface area contributed by atoms with E-state index in [1.54, 1.807) is 10.9 Å². The van der Waals surface area contributed by atoms with Crippen LogP contribution < -0.4 is 4.74 Å². The molecule has 20 heavy (non-hydrogen) atoms. The molecule has 0 N–H and O–H groups in total. The van der Waals surface area contributed by atoms with Gasteiger partial charge in [0.2, 0.25) is 5.28 Å². The van der Waals surface area contributed by atoms with Crippen LogP contribution in [0, 0.1) is 0 Å². The van der Waals surface area contributed by atoms with Crippen LogP contribution in [0.5, 0.6) is 5.75 Å². The summed E-state index contributed by atoms with van der Waals surface area (Å²) in [4.78, 5) is 8.02. The third-order valence-corrected chi connectivity index (χ3v) is 3.10. The van der Waals surface area contributed by atoms with Crippen molar-refractivity contribution in [3.63, 3.8) is 0 Å². The van der Waals surface area contributed by atoms with Crippen molar-refractivity contribution in [3.05, 3.63) is 35.7 Å². The first-order valence-corrected chi connectivity index (χ1v) is 7.31. The average Bonchev–Trinajstić information content (AvgIpc) is 2.88. The van der Waals surface area contributed by atoms with Crippen LogP contribution in [0.25, 0.3) is 16.9 Å². The highest BCUT2D eigenvalue weighted by Gasteiger charge is 2.09. The summed E-state index contributed by atoms with van der Waals surface area (Å²) >= 11 is 9.11. The number of nitrogens with zero attached hydrogens (tertiary/aromatic N) is 5. The van der Waals surface area contributed by atoms with Crippen molar-refractivity contribution in [3.8, 4) is 11.4 Å². The van der Waals surface area contributed by atoms with Crippen molar-refractivity contribution >= 4 is 38.7 Å². The summed E-state index contributed by atoms with van der Waals surface area (Å²) in [6.45, 7) is 0.619. The highest BCUT2D eigenvalue weighted by atomic mass is 79.9. The van der Waals surface area contributed by atoms with Gasteiger partial charge in [-0.05, 0) is 35.9 Å². The maximum absolute atomic E-state index is 5.80. The minimum atomic E-state index is 0.165. The lowest BCUT2D eigenvalue weighted by Crippen LogP contribution is -2.00. The molecule has 0 spiro atoms. The average molecular weight is 355 g/mol. The monoisotopic (exact) mass is 353 g/mol. The van der Waals surface area contributed by atoms with E-state index in [9.17, 15) is 0 Å². The van der Waals surface area contributed by atoms with Crippen LogP contribution >= 0.6 is 27.5 Å². The summed E-state index contributed by atoms with van der Waals surface area (Å²) in [5.74, 6) is 0.797. The van der Waals surface area contributed by atoms with Gasteiger partial charge in [-0.2, -0.15) is 9.67 Å². The minimum Gasteiger partial charge on any atom is -0.493 e. The smallest absolute Gasteiger partial charge is 0.224 e. The highest BCUT2D eigenvalue weighted by Crippen LogP contribution is 2.18. The Hall–Kier alpha value is -1.73. The van der Waals surface area contributed by atoms with Crippen LogP contribution in [-0.2, 0) is 0 Å². The minimum absolute atomic E-state index is 0.165. The van der Waals surface area contributed by atoms with Crippen molar-refractivity contribution in [2.45, 2.75) is 0 Å². The number of alkyl halides is 1. The Morgan fingerprint density at radius 3 is 2.80 bits per heavy atom. The summed E-state index contributed by atoms with van der Waals surface area (Å²) in [5.41, 5.74) is 1.99. The van der Waals surface area contributed by atoms with Gasteiger partial charge in [0.15, 0.2) is 11.2 Å². The SMILES string of the molecule is Clc1ncc2nnn(-c3ccc(OCCBr)cc3)c2n1. The van der Waals surface area contributed by atoms with Crippen molar-refractivity contribution in [1.29, 1.82) is 0 Å². The second-order valence-electron chi connectivity index (χ2n) is 3.88. The lowest BCUT2D eigenvalue weighted by molar-refractivity contribution is 0.345. The Bertz CT molecular complexity index is 730. The van der Waals surface area contributed by atoms with Crippen molar-refractivity contribution in [2.75, 3.05) is 11.9 Å². The van der Waals surface area contributed by atoms with Gasteiger partial charge in [-0.3, -0.25) is 0 Å². The summed E-state index contributed by atoms with van der Waals surface area (Å²) in [7, 11) is 0. The molecule has 0 aliphatic carbocycles. The molecular weight excluding hydrogens is 346 g/mol. The number of fused-ring (bicyclic) bond motifs is 1. The van der Waals surface area contributed by atoms with E-state index in [0.29, 0.717) is 17.8 Å². The molecular formula is C12H9BrClN5O. The summed E-state index contributed by atoms with van der Waals surface area (Å²) in [6, 6.07) is 7.50. The summed E-state index contributed by atoms with van der Waals surface area (Å²) < 4.78 is 7.10. The number of aromatic nitrogens is 5. The van der Waals surface area contributed by atoms with Gasteiger partial charge in [-0.1, -0.05) is 21.1 Å². The second kappa shape index (κ2) is 5.72. The molecule has 3 rings (SSSR count). The van der Waals surface area contributed by atoms with Gasteiger partial charge < -0.3 is 4.74 Å². The zero-order valence-corrected chi connectivity index (χ0v) is 12.5. The Morgan fingerprint density at radius 2 is 2.05 bits per heavy atom. The lowest BCUT2D eigenvalue weighted by atomic mass is 10.3. The van der Waals surface area contributed by atoms with Gasteiger partial charge in [-0.25, -0.2) is 4.98 Å². The van der Waals surface area contributed by atoms with Crippen molar-refractivity contribution in [1.82, 2.24) is 25.0 Å². The van der Waals surface area contributed by atoms with Gasteiger partial charge in [0.05, 0.1) is 18.5 Å². The fourth-order valence-corrected chi connectivity index (χ4v) is 2.01. The van der Waals surface area contributed by atoms with Crippen LogP contribution in [0.2, 0.25) is 5.28 Å². The molecule has 102 valence electrons. The topological polar surface area (TPSA) is 65.7 Å². The molecule has 2 aromatic heterocycles. The van der Waals surface area contributed by atoms with Crippen LogP contribution in [0.15, 0.2) is 30.5 Å². The van der Waals surface area contributed by atoms with E-state index in [-0.39, 0.29) is 5.28 Å². The third-order valence-electron chi connectivity index (χ3n) is 2.59. The molecule has 6 nitrogen and oxygen atoms in total. The number of benzene rings is 1. The second-order valence-corrected chi connectivity index (χ2v) is 5.01. The Kier molecular flexibility index (Phi) is 3.79. The maximum Gasteiger partial charge on any atom is 0.224 e. The molecule has 0 saturated carbocycles. The van der Waals surface area contributed by atoms with E-state index in [0.717, 1.165) is 16.8 Å². The molecule has 0 radical (unpaired) electrons. The molecule has 0 fully saturated rings. The zero-order valence-electron chi connectivity index (χ0n) is 10.2. The largest absolute Gasteiger partial charge is 0.493 e. The molecule has 2 heterocycles.